The molecule has 4 aromatic rings. The third-order valence-corrected chi connectivity index (χ3v) is 3.86. The van der Waals surface area contributed by atoms with Crippen LogP contribution in [0.1, 0.15) is 0 Å². The normalized spacial score (nSPS) is 11.3. The summed E-state index contributed by atoms with van der Waals surface area (Å²) in [4.78, 5) is 8.62. The molecule has 0 aliphatic carbocycles. The number of rotatable bonds is 1. The Hall–Kier alpha value is -2.17. The van der Waals surface area contributed by atoms with E-state index in [9.17, 15) is 0 Å². The summed E-state index contributed by atoms with van der Waals surface area (Å²) in [5.41, 5.74) is 3.28. The van der Waals surface area contributed by atoms with E-state index in [4.69, 9.17) is 23.2 Å². The van der Waals surface area contributed by atoms with Crippen molar-refractivity contribution in [2.75, 3.05) is 0 Å². The molecular formula is C15H8Cl2N4. The zero-order chi connectivity index (χ0) is 14.4. The zero-order valence-electron chi connectivity index (χ0n) is 10.6. The maximum Gasteiger partial charge on any atom is 0.223 e. The Morgan fingerprint density at radius 2 is 1.76 bits per heavy atom. The number of aromatic amines is 1. The van der Waals surface area contributed by atoms with Gasteiger partial charge in [0.15, 0.2) is 0 Å². The van der Waals surface area contributed by atoms with Crippen molar-refractivity contribution in [3.63, 3.8) is 0 Å². The molecule has 0 bridgehead atoms. The van der Waals surface area contributed by atoms with E-state index in [0.717, 1.165) is 27.5 Å². The number of H-pyrrole nitrogens is 1. The Kier molecular flexibility index (Phi) is 2.80. The monoisotopic (exact) mass is 314 g/mol. The minimum Gasteiger partial charge on any atom is -0.278 e. The van der Waals surface area contributed by atoms with E-state index in [-0.39, 0.29) is 5.28 Å². The number of fused-ring (bicyclic) bond motifs is 2. The molecule has 4 rings (SSSR count). The predicted octanol–water partition coefficient (Wildman–Crippen LogP) is 4.48. The Bertz CT molecular complexity index is 978. The summed E-state index contributed by atoms with van der Waals surface area (Å²) in [5.74, 6) is 0. The molecule has 2 heterocycles. The number of halogens is 2. The van der Waals surface area contributed by atoms with Crippen molar-refractivity contribution in [2.24, 2.45) is 0 Å². The zero-order valence-corrected chi connectivity index (χ0v) is 12.2. The molecule has 0 saturated carbocycles. The number of benzene rings is 2. The van der Waals surface area contributed by atoms with Crippen LogP contribution in [0.2, 0.25) is 10.3 Å². The summed E-state index contributed by atoms with van der Waals surface area (Å²) in [6.07, 6.45) is 1.77. The van der Waals surface area contributed by atoms with Crippen molar-refractivity contribution in [1.82, 2.24) is 20.2 Å². The fraction of sp³-hybridized carbons (Fsp3) is 0. The molecule has 21 heavy (non-hydrogen) atoms. The number of hydrogen-bond donors (Lipinski definition) is 1. The molecule has 2 aromatic heterocycles. The van der Waals surface area contributed by atoms with Crippen LogP contribution in [-0.4, -0.2) is 20.2 Å². The van der Waals surface area contributed by atoms with Gasteiger partial charge >= 0.3 is 0 Å². The number of nitrogens with one attached hydrogen (secondary N) is 1. The molecule has 2 aromatic carbocycles. The number of para-hydroxylation sites is 1. The molecule has 0 spiro atoms. The van der Waals surface area contributed by atoms with Gasteiger partial charge in [-0.05, 0) is 23.7 Å². The Balaban J connectivity index is 2.16. The van der Waals surface area contributed by atoms with Crippen molar-refractivity contribution >= 4 is 45.0 Å². The maximum absolute atomic E-state index is 6.22. The van der Waals surface area contributed by atoms with Gasteiger partial charge in [-0.1, -0.05) is 35.9 Å². The third-order valence-electron chi connectivity index (χ3n) is 3.39. The van der Waals surface area contributed by atoms with Crippen LogP contribution in [0.15, 0.2) is 42.6 Å². The average Bonchev–Trinajstić information content (AvgIpc) is 2.96. The number of nitrogens with zero attached hydrogens (tertiary/aromatic N) is 3. The Morgan fingerprint density at radius 1 is 0.905 bits per heavy atom. The van der Waals surface area contributed by atoms with Crippen LogP contribution in [0.4, 0.5) is 0 Å². The van der Waals surface area contributed by atoms with Crippen molar-refractivity contribution in [3.8, 4) is 11.3 Å². The molecule has 0 atom stereocenters. The van der Waals surface area contributed by atoms with E-state index in [1.54, 1.807) is 12.3 Å². The molecule has 0 aliphatic heterocycles. The van der Waals surface area contributed by atoms with Gasteiger partial charge in [0.2, 0.25) is 5.28 Å². The third kappa shape index (κ3) is 1.95. The lowest BCUT2D eigenvalue weighted by molar-refractivity contribution is 1.12. The van der Waals surface area contributed by atoms with Gasteiger partial charge < -0.3 is 0 Å². The first-order chi connectivity index (χ1) is 10.2. The number of aromatic nitrogens is 4. The SMILES string of the molecule is Clc1nc(-c2cccc3[nH]ncc23)c2cccc(Cl)c2n1. The van der Waals surface area contributed by atoms with Gasteiger partial charge in [-0.2, -0.15) is 5.10 Å². The van der Waals surface area contributed by atoms with Gasteiger partial charge in [0.1, 0.15) is 0 Å². The molecule has 0 fully saturated rings. The summed E-state index contributed by atoms with van der Waals surface area (Å²) in [6.45, 7) is 0. The highest BCUT2D eigenvalue weighted by Crippen LogP contribution is 2.34. The van der Waals surface area contributed by atoms with Gasteiger partial charge in [0, 0.05) is 16.3 Å². The second-order valence-electron chi connectivity index (χ2n) is 4.61. The van der Waals surface area contributed by atoms with Crippen LogP contribution in [0.25, 0.3) is 33.1 Å². The van der Waals surface area contributed by atoms with Gasteiger partial charge in [-0.15, -0.1) is 0 Å². The summed E-state index contributed by atoms with van der Waals surface area (Å²) in [6, 6.07) is 11.5. The van der Waals surface area contributed by atoms with Crippen molar-refractivity contribution in [1.29, 1.82) is 0 Å². The van der Waals surface area contributed by atoms with E-state index in [1.165, 1.54) is 0 Å². The molecule has 4 nitrogen and oxygen atoms in total. The molecule has 0 aliphatic rings. The van der Waals surface area contributed by atoms with E-state index < -0.39 is 0 Å². The molecule has 0 radical (unpaired) electrons. The first-order valence-electron chi connectivity index (χ1n) is 6.28. The van der Waals surface area contributed by atoms with Crippen molar-refractivity contribution in [3.05, 3.63) is 52.9 Å². The summed E-state index contributed by atoms with van der Waals surface area (Å²) >= 11 is 12.3. The molecule has 0 saturated heterocycles. The van der Waals surface area contributed by atoms with E-state index in [1.807, 2.05) is 30.3 Å². The summed E-state index contributed by atoms with van der Waals surface area (Å²) in [5, 5.41) is 9.60. The Morgan fingerprint density at radius 3 is 2.67 bits per heavy atom. The van der Waals surface area contributed by atoms with Crippen LogP contribution in [0.5, 0.6) is 0 Å². The highest BCUT2D eigenvalue weighted by Gasteiger charge is 2.13. The predicted molar refractivity (Wildman–Crippen MR) is 84.6 cm³/mol. The number of hydrogen-bond acceptors (Lipinski definition) is 3. The van der Waals surface area contributed by atoms with E-state index >= 15 is 0 Å². The lowest BCUT2D eigenvalue weighted by Crippen LogP contribution is -1.92. The summed E-state index contributed by atoms with van der Waals surface area (Å²) in [7, 11) is 0. The first kappa shape index (κ1) is 12.6. The van der Waals surface area contributed by atoms with Gasteiger partial charge in [0.25, 0.3) is 0 Å². The fourth-order valence-electron chi connectivity index (χ4n) is 2.47. The second kappa shape index (κ2) is 4.69. The van der Waals surface area contributed by atoms with Crippen LogP contribution in [-0.2, 0) is 0 Å². The molecule has 6 heteroatoms. The van der Waals surface area contributed by atoms with Crippen LogP contribution in [0, 0.1) is 0 Å². The largest absolute Gasteiger partial charge is 0.278 e. The fourth-order valence-corrected chi connectivity index (χ4v) is 2.86. The lowest BCUT2D eigenvalue weighted by Gasteiger charge is -2.08. The van der Waals surface area contributed by atoms with E-state index in [2.05, 4.69) is 20.2 Å². The van der Waals surface area contributed by atoms with Gasteiger partial charge in [0.05, 0.1) is 27.9 Å². The molecule has 0 unspecified atom stereocenters. The smallest absolute Gasteiger partial charge is 0.223 e. The van der Waals surface area contributed by atoms with Crippen molar-refractivity contribution in [2.45, 2.75) is 0 Å². The maximum atomic E-state index is 6.22. The van der Waals surface area contributed by atoms with Crippen LogP contribution in [0.3, 0.4) is 0 Å². The summed E-state index contributed by atoms with van der Waals surface area (Å²) < 4.78 is 0. The minimum atomic E-state index is 0.172. The second-order valence-corrected chi connectivity index (χ2v) is 5.36. The highest BCUT2D eigenvalue weighted by atomic mass is 35.5. The highest BCUT2D eigenvalue weighted by molar-refractivity contribution is 6.36. The minimum absolute atomic E-state index is 0.172. The molecular weight excluding hydrogens is 307 g/mol. The van der Waals surface area contributed by atoms with Crippen LogP contribution < -0.4 is 0 Å². The van der Waals surface area contributed by atoms with Crippen molar-refractivity contribution < 1.29 is 0 Å². The Labute approximate surface area is 129 Å². The van der Waals surface area contributed by atoms with Gasteiger partial charge in [-0.3, -0.25) is 5.10 Å². The first-order valence-corrected chi connectivity index (χ1v) is 7.04. The van der Waals surface area contributed by atoms with E-state index in [0.29, 0.717) is 10.5 Å². The molecule has 102 valence electrons. The molecule has 1 N–H and O–H groups in total. The average molecular weight is 315 g/mol. The lowest BCUT2D eigenvalue weighted by atomic mass is 10.0. The topological polar surface area (TPSA) is 54.5 Å². The van der Waals surface area contributed by atoms with Crippen LogP contribution >= 0.6 is 23.2 Å². The standard InChI is InChI=1S/C15H8Cl2N4/c16-11-5-1-4-9-13(19-15(17)20-14(9)11)8-3-2-6-12-10(8)7-18-21-12/h1-7H,(H,18,21). The quantitative estimate of drug-likeness (QED) is 0.527. The molecule has 0 amide bonds. The van der Waals surface area contributed by atoms with Gasteiger partial charge in [-0.25, -0.2) is 9.97 Å².